The number of methoxy groups -OCH3 is 1. The zero-order valence-corrected chi connectivity index (χ0v) is 19.0. The third-order valence-corrected chi connectivity index (χ3v) is 7.34. The molecule has 1 atom stereocenters. The fourth-order valence-electron chi connectivity index (χ4n) is 3.51. The maximum atomic E-state index is 12.9. The van der Waals surface area contributed by atoms with Gasteiger partial charge in [-0.15, -0.1) is 0 Å². The van der Waals surface area contributed by atoms with Crippen molar-refractivity contribution in [2.75, 3.05) is 26.8 Å². The highest BCUT2D eigenvalue weighted by Crippen LogP contribution is 2.25. The van der Waals surface area contributed by atoms with Gasteiger partial charge in [0.1, 0.15) is 18.1 Å². The van der Waals surface area contributed by atoms with Crippen LogP contribution >= 0.6 is 0 Å². The molecule has 3 rings (SSSR count). The number of carbonyl (C=O) groups excluding carboxylic acids is 1. The Balaban J connectivity index is 1.47. The highest BCUT2D eigenvalue weighted by molar-refractivity contribution is 7.89. The molecule has 0 spiro atoms. The minimum Gasteiger partial charge on any atom is -0.497 e. The van der Waals surface area contributed by atoms with Crippen molar-refractivity contribution < 1.29 is 22.7 Å². The summed E-state index contributed by atoms with van der Waals surface area (Å²) in [7, 11) is -2.04. The minimum absolute atomic E-state index is 0.0542. The SMILES string of the molecule is COc1ccc(S(=O)(=O)N2CCC(C(=O)N[C@H](C)COc3ccc(C)cc3)CC2)cc1. The Morgan fingerprint density at radius 3 is 2.23 bits per heavy atom. The number of amides is 1. The topological polar surface area (TPSA) is 84.9 Å². The molecule has 1 fully saturated rings. The van der Waals surface area contributed by atoms with Gasteiger partial charge in [0.2, 0.25) is 15.9 Å². The molecule has 0 radical (unpaired) electrons. The van der Waals surface area contributed by atoms with E-state index in [9.17, 15) is 13.2 Å². The summed E-state index contributed by atoms with van der Waals surface area (Å²) >= 11 is 0. The maximum Gasteiger partial charge on any atom is 0.243 e. The fourth-order valence-corrected chi connectivity index (χ4v) is 4.98. The van der Waals surface area contributed by atoms with Crippen LogP contribution in [0.1, 0.15) is 25.3 Å². The van der Waals surface area contributed by atoms with Gasteiger partial charge < -0.3 is 14.8 Å². The number of piperidine rings is 1. The smallest absolute Gasteiger partial charge is 0.243 e. The van der Waals surface area contributed by atoms with Gasteiger partial charge in [0, 0.05) is 19.0 Å². The first-order valence-corrected chi connectivity index (χ1v) is 11.9. The summed E-state index contributed by atoms with van der Waals surface area (Å²) in [5, 5.41) is 2.98. The van der Waals surface area contributed by atoms with Crippen LogP contribution in [-0.4, -0.2) is 51.5 Å². The number of hydrogen-bond donors (Lipinski definition) is 1. The average Bonchev–Trinajstić information content (AvgIpc) is 2.78. The van der Waals surface area contributed by atoms with E-state index in [4.69, 9.17) is 9.47 Å². The van der Waals surface area contributed by atoms with E-state index in [-0.39, 0.29) is 22.8 Å². The maximum absolute atomic E-state index is 12.9. The van der Waals surface area contributed by atoms with Crippen molar-refractivity contribution in [3.8, 4) is 11.5 Å². The Morgan fingerprint density at radius 2 is 1.65 bits per heavy atom. The largest absolute Gasteiger partial charge is 0.497 e. The predicted octanol–water partition coefficient (Wildman–Crippen LogP) is 2.99. The van der Waals surface area contributed by atoms with Crippen molar-refractivity contribution in [1.29, 1.82) is 0 Å². The van der Waals surface area contributed by atoms with E-state index in [1.54, 1.807) is 24.3 Å². The second kappa shape index (κ2) is 10.2. The normalized spacial score (nSPS) is 16.5. The van der Waals surface area contributed by atoms with Crippen molar-refractivity contribution in [2.45, 2.75) is 37.6 Å². The molecule has 1 N–H and O–H groups in total. The number of aryl methyl sites for hydroxylation is 1. The Bertz CT molecular complexity index is 966. The summed E-state index contributed by atoms with van der Waals surface area (Å²) in [6.07, 6.45) is 0.986. The fraction of sp³-hybridized carbons (Fsp3) is 0.435. The molecule has 1 saturated heterocycles. The summed E-state index contributed by atoms with van der Waals surface area (Å²) in [6, 6.07) is 14.0. The molecule has 0 aromatic heterocycles. The minimum atomic E-state index is -3.58. The molecular weight excluding hydrogens is 416 g/mol. The Kier molecular flexibility index (Phi) is 7.56. The lowest BCUT2D eigenvalue weighted by Gasteiger charge is -2.31. The number of hydrogen-bond acceptors (Lipinski definition) is 5. The second-order valence-corrected chi connectivity index (χ2v) is 9.83. The van der Waals surface area contributed by atoms with E-state index in [1.807, 2.05) is 38.1 Å². The molecule has 31 heavy (non-hydrogen) atoms. The molecule has 7 nitrogen and oxygen atoms in total. The van der Waals surface area contributed by atoms with Crippen molar-refractivity contribution in [1.82, 2.24) is 9.62 Å². The zero-order valence-electron chi connectivity index (χ0n) is 18.2. The standard InChI is InChI=1S/C23H30N2O5S/c1-17-4-6-21(7-5-17)30-16-18(2)24-23(26)19-12-14-25(15-13-19)31(27,28)22-10-8-20(29-3)9-11-22/h4-11,18-19H,12-16H2,1-3H3,(H,24,26)/t18-/m1/s1. The molecular formula is C23H30N2O5S. The number of ether oxygens (including phenoxy) is 2. The van der Waals surface area contributed by atoms with E-state index in [2.05, 4.69) is 5.32 Å². The van der Waals surface area contributed by atoms with Gasteiger partial charge in [-0.2, -0.15) is 4.31 Å². The van der Waals surface area contributed by atoms with Gasteiger partial charge in [-0.1, -0.05) is 17.7 Å². The first kappa shape index (κ1) is 23.1. The molecule has 1 heterocycles. The van der Waals surface area contributed by atoms with E-state index < -0.39 is 10.0 Å². The highest BCUT2D eigenvalue weighted by atomic mass is 32.2. The van der Waals surface area contributed by atoms with Gasteiger partial charge in [0.05, 0.1) is 18.0 Å². The van der Waals surface area contributed by atoms with Crippen LogP contribution in [0.2, 0.25) is 0 Å². The molecule has 0 saturated carbocycles. The van der Waals surface area contributed by atoms with Crippen LogP contribution in [0.15, 0.2) is 53.4 Å². The van der Waals surface area contributed by atoms with Gasteiger partial charge in [0.15, 0.2) is 0 Å². The Labute approximate surface area is 184 Å². The lowest BCUT2D eigenvalue weighted by atomic mass is 9.97. The van der Waals surface area contributed by atoms with Crippen LogP contribution < -0.4 is 14.8 Å². The van der Waals surface area contributed by atoms with E-state index in [0.717, 1.165) is 11.3 Å². The molecule has 8 heteroatoms. The number of benzene rings is 2. The zero-order chi connectivity index (χ0) is 22.4. The molecule has 0 unspecified atom stereocenters. The Morgan fingerprint density at radius 1 is 1.06 bits per heavy atom. The van der Waals surface area contributed by atoms with Gasteiger partial charge >= 0.3 is 0 Å². The van der Waals surface area contributed by atoms with Crippen LogP contribution in [0.5, 0.6) is 11.5 Å². The van der Waals surface area contributed by atoms with E-state index in [1.165, 1.54) is 11.4 Å². The van der Waals surface area contributed by atoms with E-state index in [0.29, 0.717) is 38.3 Å². The average molecular weight is 447 g/mol. The third-order valence-electron chi connectivity index (χ3n) is 5.43. The van der Waals surface area contributed by atoms with Crippen molar-refractivity contribution in [2.24, 2.45) is 5.92 Å². The summed E-state index contributed by atoms with van der Waals surface area (Å²) in [6.45, 7) is 4.93. The van der Waals surface area contributed by atoms with Crippen LogP contribution in [0.25, 0.3) is 0 Å². The van der Waals surface area contributed by atoms with Gasteiger partial charge in [-0.3, -0.25) is 4.79 Å². The number of carbonyl (C=O) groups is 1. The monoisotopic (exact) mass is 446 g/mol. The first-order chi connectivity index (χ1) is 14.8. The highest BCUT2D eigenvalue weighted by Gasteiger charge is 2.32. The second-order valence-electron chi connectivity index (χ2n) is 7.89. The molecule has 0 bridgehead atoms. The number of rotatable bonds is 8. The lowest BCUT2D eigenvalue weighted by Crippen LogP contribution is -2.45. The van der Waals surface area contributed by atoms with Gasteiger partial charge in [-0.25, -0.2) is 8.42 Å². The lowest BCUT2D eigenvalue weighted by molar-refractivity contribution is -0.126. The molecule has 1 aliphatic rings. The number of nitrogens with one attached hydrogen (secondary N) is 1. The van der Waals surface area contributed by atoms with Crippen molar-refractivity contribution >= 4 is 15.9 Å². The summed E-state index contributed by atoms with van der Waals surface area (Å²) < 4.78 is 38.0. The van der Waals surface area contributed by atoms with Crippen molar-refractivity contribution in [3.05, 3.63) is 54.1 Å². The number of sulfonamides is 1. The molecule has 2 aromatic carbocycles. The summed E-state index contributed by atoms with van der Waals surface area (Å²) in [5.41, 5.74) is 1.16. The molecule has 1 aliphatic heterocycles. The molecule has 168 valence electrons. The first-order valence-electron chi connectivity index (χ1n) is 10.4. The van der Waals surface area contributed by atoms with Crippen LogP contribution in [-0.2, 0) is 14.8 Å². The third kappa shape index (κ3) is 5.98. The predicted molar refractivity (Wildman–Crippen MR) is 119 cm³/mol. The Hall–Kier alpha value is -2.58. The summed E-state index contributed by atoms with van der Waals surface area (Å²) in [4.78, 5) is 12.8. The van der Waals surface area contributed by atoms with Gasteiger partial charge in [0.25, 0.3) is 0 Å². The van der Waals surface area contributed by atoms with Crippen LogP contribution in [0.3, 0.4) is 0 Å². The molecule has 2 aromatic rings. The van der Waals surface area contributed by atoms with E-state index >= 15 is 0 Å². The summed E-state index contributed by atoms with van der Waals surface area (Å²) in [5.74, 6) is 1.11. The van der Waals surface area contributed by atoms with Crippen molar-refractivity contribution in [3.63, 3.8) is 0 Å². The molecule has 0 aliphatic carbocycles. The van der Waals surface area contributed by atoms with Gasteiger partial charge in [-0.05, 0) is 63.1 Å². The van der Waals surface area contributed by atoms with Crippen LogP contribution in [0.4, 0.5) is 0 Å². The van der Waals surface area contributed by atoms with Crippen LogP contribution in [0, 0.1) is 12.8 Å². The quantitative estimate of drug-likeness (QED) is 0.674. The number of nitrogens with zero attached hydrogens (tertiary/aromatic N) is 1. The molecule has 1 amide bonds.